The van der Waals surface area contributed by atoms with E-state index in [0.717, 1.165) is 5.56 Å². The van der Waals surface area contributed by atoms with Gasteiger partial charge in [0, 0.05) is 0 Å². The Labute approximate surface area is 101 Å². The molecule has 4 heteroatoms. The molecule has 94 valence electrons. The average Bonchev–Trinajstić information content (AvgIpc) is 2.28. The first-order valence-electron chi connectivity index (χ1n) is 5.59. The van der Waals surface area contributed by atoms with Gasteiger partial charge in [-0.2, -0.15) is 0 Å². The molecule has 0 radical (unpaired) electrons. The van der Waals surface area contributed by atoms with Crippen LogP contribution in [0, 0.1) is 0 Å². The van der Waals surface area contributed by atoms with Gasteiger partial charge in [-0.1, -0.05) is 19.1 Å². The summed E-state index contributed by atoms with van der Waals surface area (Å²) in [4.78, 5) is 10.9. The van der Waals surface area contributed by atoms with Crippen molar-refractivity contribution in [3.05, 3.63) is 29.8 Å². The van der Waals surface area contributed by atoms with Gasteiger partial charge in [-0.05, 0) is 44.0 Å². The molecule has 1 rings (SSSR count). The zero-order valence-electron chi connectivity index (χ0n) is 10.4. The van der Waals surface area contributed by atoms with Gasteiger partial charge in [0.05, 0.1) is 0 Å². The molecule has 17 heavy (non-hydrogen) atoms. The summed E-state index contributed by atoms with van der Waals surface area (Å²) >= 11 is 0. The van der Waals surface area contributed by atoms with Crippen molar-refractivity contribution in [1.82, 2.24) is 0 Å². The summed E-state index contributed by atoms with van der Waals surface area (Å²) in [5.41, 5.74) is 5.47. The molecule has 4 nitrogen and oxygen atoms in total. The third kappa shape index (κ3) is 3.46. The van der Waals surface area contributed by atoms with Gasteiger partial charge in [-0.15, -0.1) is 0 Å². The van der Waals surface area contributed by atoms with Crippen LogP contribution in [0.25, 0.3) is 0 Å². The van der Waals surface area contributed by atoms with Crippen LogP contribution in [0.3, 0.4) is 0 Å². The summed E-state index contributed by atoms with van der Waals surface area (Å²) in [6.45, 7) is 5.66. The highest BCUT2D eigenvalue weighted by molar-refractivity contribution is 5.76. The smallest absolute Gasteiger partial charge is 0.347 e. The van der Waals surface area contributed by atoms with E-state index in [1.54, 1.807) is 12.1 Å². The molecule has 0 heterocycles. The lowest BCUT2D eigenvalue weighted by molar-refractivity contribution is -0.152. The first-order valence-corrected chi connectivity index (χ1v) is 5.59. The van der Waals surface area contributed by atoms with Crippen LogP contribution < -0.4 is 10.5 Å². The van der Waals surface area contributed by atoms with E-state index in [4.69, 9.17) is 15.6 Å². The fourth-order valence-electron chi connectivity index (χ4n) is 1.34. The molecule has 3 N–H and O–H groups in total. The highest BCUT2D eigenvalue weighted by Gasteiger charge is 2.29. The standard InChI is InChI=1S/C13H19NO3/c1-9(8-14)10-4-6-11(7-5-10)17-13(2,3)12(15)16/h4-7,9H,8,14H2,1-3H3,(H,15,16). The summed E-state index contributed by atoms with van der Waals surface area (Å²) in [5.74, 6) is -0.154. The molecule has 1 unspecified atom stereocenters. The Bertz CT molecular complexity index is 384. The molecule has 0 amide bonds. The van der Waals surface area contributed by atoms with Gasteiger partial charge in [0.1, 0.15) is 5.75 Å². The molecule has 1 aromatic rings. The van der Waals surface area contributed by atoms with E-state index in [1.165, 1.54) is 13.8 Å². The predicted octanol–water partition coefficient (Wildman–Crippen LogP) is 1.99. The number of aliphatic carboxylic acids is 1. The average molecular weight is 237 g/mol. The van der Waals surface area contributed by atoms with E-state index in [-0.39, 0.29) is 5.92 Å². The zero-order chi connectivity index (χ0) is 13.1. The number of benzene rings is 1. The molecular formula is C13H19NO3. The van der Waals surface area contributed by atoms with E-state index in [0.29, 0.717) is 12.3 Å². The quantitative estimate of drug-likeness (QED) is 0.821. The molecule has 0 saturated heterocycles. The van der Waals surface area contributed by atoms with Crippen LogP contribution in [0.1, 0.15) is 32.3 Å². The van der Waals surface area contributed by atoms with Crippen molar-refractivity contribution in [2.24, 2.45) is 5.73 Å². The van der Waals surface area contributed by atoms with Crippen LogP contribution >= 0.6 is 0 Å². The number of nitrogens with two attached hydrogens (primary N) is 1. The summed E-state index contributed by atoms with van der Waals surface area (Å²) < 4.78 is 5.40. The molecule has 0 aliphatic rings. The van der Waals surface area contributed by atoms with Crippen LogP contribution in [-0.2, 0) is 4.79 Å². The maximum Gasteiger partial charge on any atom is 0.347 e. The Morgan fingerprint density at radius 3 is 2.35 bits per heavy atom. The first kappa shape index (κ1) is 13.5. The fourth-order valence-corrected chi connectivity index (χ4v) is 1.34. The van der Waals surface area contributed by atoms with Crippen LogP contribution in [0.2, 0.25) is 0 Å². The van der Waals surface area contributed by atoms with Crippen LogP contribution in [-0.4, -0.2) is 23.2 Å². The Morgan fingerprint density at radius 1 is 1.41 bits per heavy atom. The topological polar surface area (TPSA) is 72.5 Å². The summed E-state index contributed by atoms with van der Waals surface area (Å²) in [7, 11) is 0. The third-order valence-corrected chi connectivity index (χ3v) is 2.69. The summed E-state index contributed by atoms with van der Waals surface area (Å²) in [6.07, 6.45) is 0. The largest absolute Gasteiger partial charge is 0.478 e. The summed E-state index contributed by atoms with van der Waals surface area (Å²) in [6, 6.07) is 7.36. The van der Waals surface area contributed by atoms with E-state index < -0.39 is 11.6 Å². The van der Waals surface area contributed by atoms with E-state index in [1.807, 2.05) is 19.1 Å². The molecule has 0 aliphatic carbocycles. The van der Waals surface area contributed by atoms with Crippen molar-refractivity contribution in [1.29, 1.82) is 0 Å². The monoisotopic (exact) mass is 237 g/mol. The molecule has 0 aliphatic heterocycles. The van der Waals surface area contributed by atoms with E-state index in [2.05, 4.69) is 0 Å². The number of rotatable bonds is 5. The normalized spacial score (nSPS) is 13.2. The van der Waals surface area contributed by atoms with Crippen molar-refractivity contribution in [2.75, 3.05) is 6.54 Å². The number of hydrogen-bond donors (Lipinski definition) is 2. The van der Waals surface area contributed by atoms with E-state index >= 15 is 0 Å². The second-order valence-corrected chi connectivity index (χ2v) is 4.62. The second kappa shape index (κ2) is 5.19. The van der Waals surface area contributed by atoms with Crippen LogP contribution in [0.15, 0.2) is 24.3 Å². The van der Waals surface area contributed by atoms with Crippen molar-refractivity contribution in [3.8, 4) is 5.75 Å². The molecule has 0 aromatic heterocycles. The van der Waals surface area contributed by atoms with Gasteiger partial charge < -0.3 is 15.6 Å². The maximum absolute atomic E-state index is 10.9. The van der Waals surface area contributed by atoms with Crippen molar-refractivity contribution in [2.45, 2.75) is 32.3 Å². The third-order valence-electron chi connectivity index (χ3n) is 2.69. The van der Waals surface area contributed by atoms with E-state index in [9.17, 15) is 4.79 Å². The lowest BCUT2D eigenvalue weighted by Gasteiger charge is -2.21. The summed E-state index contributed by atoms with van der Waals surface area (Å²) in [5, 5.41) is 8.94. The Kier molecular flexibility index (Phi) is 4.12. The van der Waals surface area contributed by atoms with Crippen molar-refractivity contribution < 1.29 is 14.6 Å². The molecule has 0 fully saturated rings. The minimum Gasteiger partial charge on any atom is -0.478 e. The highest BCUT2D eigenvalue weighted by Crippen LogP contribution is 2.22. The van der Waals surface area contributed by atoms with Gasteiger partial charge in [-0.25, -0.2) is 4.79 Å². The van der Waals surface area contributed by atoms with Gasteiger partial charge in [0.15, 0.2) is 5.60 Å². The molecule has 0 saturated carbocycles. The highest BCUT2D eigenvalue weighted by atomic mass is 16.5. The van der Waals surface area contributed by atoms with Gasteiger partial charge in [0.2, 0.25) is 0 Å². The molecule has 0 bridgehead atoms. The minimum atomic E-state index is -1.22. The number of carboxylic acid groups (broad SMARTS) is 1. The molecule has 1 aromatic carbocycles. The second-order valence-electron chi connectivity index (χ2n) is 4.62. The van der Waals surface area contributed by atoms with Crippen LogP contribution in [0.5, 0.6) is 5.75 Å². The van der Waals surface area contributed by atoms with Crippen molar-refractivity contribution >= 4 is 5.97 Å². The Morgan fingerprint density at radius 2 is 1.94 bits per heavy atom. The Hall–Kier alpha value is -1.55. The van der Waals surface area contributed by atoms with Gasteiger partial charge in [0.25, 0.3) is 0 Å². The lowest BCUT2D eigenvalue weighted by atomic mass is 10.0. The van der Waals surface area contributed by atoms with Gasteiger partial charge >= 0.3 is 5.97 Å². The zero-order valence-corrected chi connectivity index (χ0v) is 10.4. The fraction of sp³-hybridized carbons (Fsp3) is 0.462. The van der Waals surface area contributed by atoms with Gasteiger partial charge in [-0.3, -0.25) is 0 Å². The molecular weight excluding hydrogens is 218 g/mol. The number of carboxylic acids is 1. The van der Waals surface area contributed by atoms with Crippen LogP contribution in [0.4, 0.5) is 0 Å². The predicted molar refractivity (Wildman–Crippen MR) is 66.3 cm³/mol. The number of carbonyl (C=O) groups is 1. The SMILES string of the molecule is CC(CN)c1ccc(OC(C)(C)C(=O)O)cc1. The lowest BCUT2D eigenvalue weighted by Crippen LogP contribution is -2.37. The minimum absolute atomic E-state index is 0.288. The molecule has 1 atom stereocenters. The Balaban J connectivity index is 2.79. The first-order chi connectivity index (χ1) is 7.86. The van der Waals surface area contributed by atoms with Crippen molar-refractivity contribution in [3.63, 3.8) is 0 Å². The maximum atomic E-state index is 10.9. The number of hydrogen-bond acceptors (Lipinski definition) is 3. The number of ether oxygens (including phenoxy) is 1. The molecule has 0 spiro atoms.